The molecule has 2 N–H and O–H groups in total. The predicted octanol–water partition coefficient (Wildman–Crippen LogP) is 1.66. The van der Waals surface area contributed by atoms with Gasteiger partial charge in [0.05, 0.1) is 6.04 Å². The minimum atomic E-state index is 0.136. The van der Waals surface area contributed by atoms with Crippen molar-refractivity contribution < 1.29 is 4.79 Å². The Labute approximate surface area is 95.5 Å². The highest BCUT2D eigenvalue weighted by Gasteiger charge is 2.28. The molecule has 0 radical (unpaired) electrons. The Morgan fingerprint density at radius 1 is 1.62 bits per heavy atom. The number of nitrogens with two attached hydrogens (primary N) is 1. The lowest BCUT2D eigenvalue weighted by Gasteiger charge is -2.23. The summed E-state index contributed by atoms with van der Waals surface area (Å²) in [5, 5.41) is 0. The van der Waals surface area contributed by atoms with Crippen LogP contribution in [-0.2, 0) is 4.79 Å². The topological polar surface area (TPSA) is 59.2 Å². The summed E-state index contributed by atoms with van der Waals surface area (Å²) < 4.78 is 0. The maximum absolute atomic E-state index is 11.5. The zero-order chi connectivity index (χ0) is 11.7. The molecule has 4 heteroatoms. The fraction of sp³-hybridized carbons (Fsp3) is 0.500. The molecule has 1 amide bonds. The van der Waals surface area contributed by atoms with Gasteiger partial charge in [-0.25, -0.2) is 4.98 Å². The standard InChI is InChI=1S/C12H17N3O/c1-8-6-10(7-14-12(8)13)11-4-3-5-15(11)9(2)16/h6-7,11H,3-5H2,1-2H3,(H2,13,14)/t11-/m0/s1. The molecule has 0 saturated carbocycles. The van der Waals surface area contributed by atoms with Crippen molar-refractivity contribution in [2.75, 3.05) is 12.3 Å². The Hall–Kier alpha value is -1.58. The summed E-state index contributed by atoms with van der Waals surface area (Å²) in [5.41, 5.74) is 7.77. The van der Waals surface area contributed by atoms with Crippen LogP contribution in [0.5, 0.6) is 0 Å². The van der Waals surface area contributed by atoms with E-state index in [9.17, 15) is 4.79 Å². The number of aromatic nitrogens is 1. The molecule has 1 atom stereocenters. The van der Waals surface area contributed by atoms with Crippen molar-refractivity contribution in [3.05, 3.63) is 23.4 Å². The highest BCUT2D eigenvalue weighted by Crippen LogP contribution is 2.32. The molecule has 2 rings (SSSR count). The van der Waals surface area contributed by atoms with Gasteiger partial charge >= 0.3 is 0 Å². The van der Waals surface area contributed by atoms with Crippen LogP contribution in [0.4, 0.5) is 5.82 Å². The van der Waals surface area contributed by atoms with E-state index in [4.69, 9.17) is 5.73 Å². The van der Waals surface area contributed by atoms with Crippen molar-refractivity contribution in [3.63, 3.8) is 0 Å². The van der Waals surface area contributed by atoms with Gasteiger partial charge in [-0.15, -0.1) is 0 Å². The van der Waals surface area contributed by atoms with E-state index in [0.717, 1.165) is 30.5 Å². The van der Waals surface area contributed by atoms with Crippen molar-refractivity contribution in [2.24, 2.45) is 0 Å². The first kappa shape index (κ1) is 10.9. The number of hydrogen-bond donors (Lipinski definition) is 1. The zero-order valence-electron chi connectivity index (χ0n) is 9.73. The number of aryl methyl sites for hydroxylation is 1. The summed E-state index contributed by atoms with van der Waals surface area (Å²) in [7, 11) is 0. The maximum atomic E-state index is 11.5. The molecule has 1 aliphatic heterocycles. The van der Waals surface area contributed by atoms with E-state index in [-0.39, 0.29) is 11.9 Å². The lowest BCUT2D eigenvalue weighted by Crippen LogP contribution is -2.28. The van der Waals surface area contributed by atoms with Crippen LogP contribution in [0.1, 0.15) is 36.9 Å². The average Bonchev–Trinajstić information content (AvgIpc) is 2.71. The highest BCUT2D eigenvalue weighted by molar-refractivity contribution is 5.74. The Kier molecular flexibility index (Phi) is 2.81. The Bertz CT molecular complexity index is 417. The predicted molar refractivity (Wildman–Crippen MR) is 62.7 cm³/mol. The van der Waals surface area contributed by atoms with Gasteiger partial charge in [0.25, 0.3) is 0 Å². The van der Waals surface area contributed by atoms with Crippen molar-refractivity contribution in [2.45, 2.75) is 32.7 Å². The summed E-state index contributed by atoms with van der Waals surface area (Å²) in [4.78, 5) is 17.5. The van der Waals surface area contributed by atoms with Crippen LogP contribution in [0.2, 0.25) is 0 Å². The quantitative estimate of drug-likeness (QED) is 0.781. The number of carbonyl (C=O) groups is 1. The number of anilines is 1. The largest absolute Gasteiger partial charge is 0.383 e. The molecule has 1 aliphatic rings. The third kappa shape index (κ3) is 1.87. The van der Waals surface area contributed by atoms with Crippen LogP contribution in [0.3, 0.4) is 0 Å². The molecule has 0 unspecified atom stereocenters. The number of nitrogens with zero attached hydrogens (tertiary/aromatic N) is 2. The van der Waals surface area contributed by atoms with Crippen LogP contribution in [-0.4, -0.2) is 22.3 Å². The van der Waals surface area contributed by atoms with E-state index in [1.807, 2.05) is 17.9 Å². The van der Waals surface area contributed by atoms with Gasteiger partial charge in [0, 0.05) is 19.7 Å². The number of amides is 1. The van der Waals surface area contributed by atoms with Crippen molar-refractivity contribution in [1.82, 2.24) is 9.88 Å². The van der Waals surface area contributed by atoms with Gasteiger partial charge in [0.2, 0.25) is 5.91 Å². The Balaban J connectivity index is 2.29. The second kappa shape index (κ2) is 4.12. The number of rotatable bonds is 1. The molecular weight excluding hydrogens is 202 g/mol. The van der Waals surface area contributed by atoms with Crippen molar-refractivity contribution >= 4 is 11.7 Å². The Morgan fingerprint density at radius 2 is 2.38 bits per heavy atom. The lowest BCUT2D eigenvalue weighted by molar-refractivity contribution is -0.129. The van der Waals surface area contributed by atoms with E-state index in [2.05, 4.69) is 4.98 Å². The third-order valence-corrected chi connectivity index (χ3v) is 3.18. The smallest absolute Gasteiger partial charge is 0.219 e. The molecule has 0 bridgehead atoms. The Morgan fingerprint density at radius 3 is 3.00 bits per heavy atom. The number of carbonyl (C=O) groups excluding carboxylic acids is 1. The molecule has 0 aliphatic carbocycles. The SMILES string of the molecule is CC(=O)N1CCC[C@H]1c1cnc(N)c(C)c1. The minimum absolute atomic E-state index is 0.136. The molecule has 1 saturated heterocycles. The van der Waals surface area contributed by atoms with E-state index in [0.29, 0.717) is 5.82 Å². The second-order valence-electron chi connectivity index (χ2n) is 4.34. The van der Waals surface area contributed by atoms with Crippen LogP contribution >= 0.6 is 0 Å². The maximum Gasteiger partial charge on any atom is 0.219 e. The van der Waals surface area contributed by atoms with Gasteiger partial charge in [0.15, 0.2) is 0 Å². The molecule has 1 aromatic rings. The summed E-state index contributed by atoms with van der Waals surface area (Å²) >= 11 is 0. The summed E-state index contributed by atoms with van der Waals surface area (Å²) in [6.45, 7) is 4.41. The minimum Gasteiger partial charge on any atom is -0.383 e. The lowest BCUT2D eigenvalue weighted by atomic mass is 10.0. The van der Waals surface area contributed by atoms with Gasteiger partial charge in [-0.3, -0.25) is 4.79 Å². The molecule has 1 aromatic heterocycles. The summed E-state index contributed by atoms with van der Waals surface area (Å²) in [6.07, 6.45) is 3.87. The van der Waals surface area contributed by atoms with Crippen LogP contribution in [0, 0.1) is 6.92 Å². The third-order valence-electron chi connectivity index (χ3n) is 3.18. The monoisotopic (exact) mass is 219 g/mol. The number of pyridine rings is 1. The highest BCUT2D eigenvalue weighted by atomic mass is 16.2. The van der Waals surface area contributed by atoms with Gasteiger partial charge in [0.1, 0.15) is 5.82 Å². The van der Waals surface area contributed by atoms with Gasteiger partial charge in [-0.05, 0) is 37.0 Å². The van der Waals surface area contributed by atoms with E-state index < -0.39 is 0 Å². The molecule has 0 aromatic carbocycles. The van der Waals surface area contributed by atoms with Crippen LogP contribution in [0.15, 0.2) is 12.3 Å². The van der Waals surface area contributed by atoms with Crippen LogP contribution < -0.4 is 5.73 Å². The average molecular weight is 219 g/mol. The first-order chi connectivity index (χ1) is 7.59. The normalized spacial score (nSPS) is 20.1. The van der Waals surface area contributed by atoms with Crippen molar-refractivity contribution in [3.8, 4) is 0 Å². The van der Waals surface area contributed by atoms with Gasteiger partial charge < -0.3 is 10.6 Å². The fourth-order valence-electron chi connectivity index (χ4n) is 2.28. The zero-order valence-corrected chi connectivity index (χ0v) is 9.73. The number of hydrogen-bond acceptors (Lipinski definition) is 3. The van der Waals surface area contributed by atoms with Crippen molar-refractivity contribution in [1.29, 1.82) is 0 Å². The first-order valence-electron chi connectivity index (χ1n) is 5.59. The summed E-state index contributed by atoms with van der Waals surface area (Å²) in [5.74, 6) is 0.702. The molecule has 1 fully saturated rings. The molecule has 86 valence electrons. The van der Waals surface area contributed by atoms with E-state index >= 15 is 0 Å². The molecule has 2 heterocycles. The van der Waals surface area contributed by atoms with E-state index in [1.54, 1.807) is 13.1 Å². The fourth-order valence-corrected chi connectivity index (χ4v) is 2.28. The molecule has 4 nitrogen and oxygen atoms in total. The summed E-state index contributed by atoms with van der Waals surface area (Å²) in [6, 6.07) is 2.22. The molecular formula is C12H17N3O. The van der Waals surface area contributed by atoms with Gasteiger partial charge in [-0.1, -0.05) is 0 Å². The van der Waals surface area contributed by atoms with E-state index in [1.165, 1.54) is 0 Å². The number of likely N-dealkylation sites (tertiary alicyclic amines) is 1. The molecule has 16 heavy (non-hydrogen) atoms. The van der Waals surface area contributed by atoms with Gasteiger partial charge in [-0.2, -0.15) is 0 Å². The van der Waals surface area contributed by atoms with Crippen LogP contribution in [0.25, 0.3) is 0 Å². The number of nitrogen functional groups attached to an aromatic ring is 1. The molecule has 0 spiro atoms. The first-order valence-corrected chi connectivity index (χ1v) is 5.59. The second-order valence-corrected chi connectivity index (χ2v) is 4.34.